The van der Waals surface area contributed by atoms with Crippen LogP contribution in [0.1, 0.15) is 33.1 Å². The van der Waals surface area contributed by atoms with E-state index in [2.05, 4.69) is 54.0 Å². The van der Waals surface area contributed by atoms with Crippen molar-refractivity contribution in [2.45, 2.75) is 13.0 Å². The van der Waals surface area contributed by atoms with Crippen LogP contribution in [-0.4, -0.2) is 30.0 Å². The number of aryl methyl sites for hydroxylation is 1. The zero-order chi connectivity index (χ0) is 20.8. The number of benzene rings is 3. The van der Waals surface area contributed by atoms with E-state index in [9.17, 15) is 4.79 Å². The van der Waals surface area contributed by atoms with Crippen LogP contribution >= 0.6 is 12.2 Å². The molecule has 0 aromatic heterocycles. The first-order valence-corrected chi connectivity index (χ1v) is 9.85. The van der Waals surface area contributed by atoms with E-state index >= 15 is 0 Å². The van der Waals surface area contributed by atoms with Gasteiger partial charge >= 0.3 is 0 Å². The summed E-state index contributed by atoms with van der Waals surface area (Å²) in [5.74, 6) is -0.0270. The predicted molar refractivity (Wildman–Crippen MR) is 123 cm³/mol. The van der Waals surface area contributed by atoms with Crippen molar-refractivity contribution in [2.24, 2.45) is 0 Å². The van der Waals surface area contributed by atoms with Crippen molar-refractivity contribution in [3.63, 3.8) is 0 Å². The summed E-state index contributed by atoms with van der Waals surface area (Å²) in [7, 11) is 3.48. The minimum absolute atomic E-state index is 0.0270. The lowest BCUT2D eigenvalue weighted by Crippen LogP contribution is -2.33. The number of nitrogens with one attached hydrogen (secondary N) is 2. The fourth-order valence-corrected chi connectivity index (χ4v) is 3.34. The molecule has 29 heavy (non-hydrogen) atoms. The van der Waals surface area contributed by atoms with Crippen molar-refractivity contribution in [3.05, 3.63) is 101 Å². The van der Waals surface area contributed by atoms with Gasteiger partial charge in [-0.1, -0.05) is 60.2 Å². The van der Waals surface area contributed by atoms with Crippen molar-refractivity contribution in [1.29, 1.82) is 0 Å². The highest BCUT2D eigenvalue weighted by Gasteiger charge is 2.15. The van der Waals surface area contributed by atoms with Crippen LogP contribution < -0.4 is 10.6 Å². The molecule has 0 aliphatic rings. The number of carbonyl (C=O) groups excluding carboxylic acids is 1. The van der Waals surface area contributed by atoms with E-state index in [1.54, 1.807) is 31.1 Å². The minimum Gasteiger partial charge on any atom is -0.352 e. The molecule has 0 aliphatic carbocycles. The number of rotatable bonds is 5. The van der Waals surface area contributed by atoms with Gasteiger partial charge in [0.15, 0.2) is 5.11 Å². The van der Waals surface area contributed by atoms with Gasteiger partial charge in [0.2, 0.25) is 0 Å². The van der Waals surface area contributed by atoms with Crippen LogP contribution in [0.3, 0.4) is 0 Å². The quantitative estimate of drug-likeness (QED) is 0.602. The van der Waals surface area contributed by atoms with Crippen molar-refractivity contribution < 1.29 is 4.79 Å². The molecule has 0 saturated carbocycles. The third-order valence-corrected chi connectivity index (χ3v) is 4.80. The van der Waals surface area contributed by atoms with E-state index in [4.69, 9.17) is 12.2 Å². The summed E-state index contributed by atoms with van der Waals surface area (Å²) in [6.45, 7) is 2.08. The molecule has 1 atom stereocenters. The smallest absolute Gasteiger partial charge is 0.253 e. The van der Waals surface area contributed by atoms with Crippen LogP contribution in [0.15, 0.2) is 78.9 Å². The fraction of sp³-hybridized carbons (Fsp3) is 0.167. The molecule has 148 valence electrons. The molecule has 2 N–H and O–H groups in total. The average Bonchev–Trinajstić information content (AvgIpc) is 2.72. The topological polar surface area (TPSA) is 44.4 Å². The Morgan fingerprint density at radius 3 is 2.17 bits per heavy atom. The summed E-state index contributed by atoms with van der Waals surface area (Å²) in [5, 5.41) is 7.16. The largest absolute Gasteiger partial charge is 0.352 e. The second kappa shape index (κ2) is 9.34. The Morgan fingerprint density at radius 1 is 0.897 bits per heavy atom. The highest BCUT2D eigenvalue weighted by Crippen LogP contribution is 2.23. The molecule has 0 fully saturated rings. The normalized spacial score (nSPS) is 11.4. The third-order valence-electron chi connectivity index (χ3n) is 4.58. The maximum atomic E-state index is 12.0. The van der Waals surface area contributed by atoms with Gasteiger partial charge in [0, 0.05) is 25.3 Å². The maximum Gasteiger partial charge on any atom is 0.253 e. The predicted octanol–water partition coefficient (Wildman–Crippen LogP) is 4.77. The van der Waals surface area contributed by atoms with Crippen molar-refractivity contribution in [3.8, 4) is 0 Å². The van der Waals surface area contributed by atoms with Crippen molar-refractivity contribution in [2.75, 3.05) is 19.4 Å². The van der Waals surface area contributed by atoms with Gasteiger partial charge in [-0.15, -0.1) is 0 Å². The van der Waals surface area contributed by atoms with Crippen LogP contribution in [0.2, 0.25) is 0 Å². The van der Waals surface area contributed by atoms with Gasteiger partial charge in [0.25, 0.3) is 5.91 Å². The maximum absolute atomic E-state index is 12.0. The molecule has 5 heteroatoms. The van der Waals surface area contributed by atoms with E-state index in [-0.39, 0.29) is 11.9 Å². The Morgan fingerprint density at radius 2 is 1.55 bits per heavy atom. The molecule has 3 aromatic rings. The van der Waals surface area contributed by atoms with Gasteiger partial charge in [-0.3, -0.25) is 4.79 Å². The van der Waals surface area contributed by atoms with Crippen LogP contribution in [0, 0.1) is 6.92 Å². The number of carbonyl (C=O) groups is 1. The van der Waals surface area contributed by atoms with E-state index < -0.39 is 0 Å². The number of thiocarbonyl (C=S) groups is 1. The second-order valence-corrected chi connectivity index (χ2v) is 7.54. The molecular weight excluding hydrogens is 378 g/mol. The molecule has 1 amide bonds. The molecule has 0 heterocycles. The number of hydrogen-bond acceptors (Lipinski definition) is 2. The molecule has 0 spiro atoms. The Balaban J connectivity index is 1.76. The zero-order valence-corrected chi connectivity index (χ0v) is 17.7. The van der Waals surface area contributed by atoms with Gasteiger partial charge in [0.05, 0.1) is 6.04 Å². The lowest BCUT2D eigenvalue weighted by atomic mass is 9.97. The van der Waals surface area contributed by atoms with Crippen LogP contribution in [0.5, 0.6) is 0 Å². The highest BCUT2D eigenvalue weighted by molar-refractivity contribution is 7.80. The van der Waals surface area contributed by atoms with Gasteiger partial charge < -0.3 is 15.5 Å². The Labute approximate surface area is 177 Å². The minimum atomic E-state index is -0.0642. The standard InChI is InChI=1S/C24H25N3OS/c1-17-8-7-11-20(16-17)22(18-9-5-4-6-10-18)26-24(29)25-21-14-12-19(13-15-21)23(28)27(2)3/h4-16,22H,1-3H3,(H2,25,26,29)/t22-/m0/s1. The summed E-state index contributed by atoms with van der Waals surface area (Å²) < 4.78 is 0. The molecule has 3 aromatic carbocycles. The fourth-order valence-electron chi connectivity index (χ4n) is 3.11. The van der Waals surface area contributed by atoms with E-state index in [0.29, 0.717) is 10.7 Å². The Bertz CT molecular complexity index is 985. The zero-order valence-electron chi connectivity index (χ0n) is 16.8. The van der Waals surface area contributed by atoms with Gasteiger partial charge in [-0.2, -0.15) is 0 Å². The van der Waals surface area contributed by atoms with Crippen LogP contribution in [0.4, 0.5) is 5.69 Å². The summed E-state index contributed by atoms with van der Waals surface area (Å²) in [4.78, 5) is 13.6. The lowest BCUT2D eigenvalue weighted by molar-refractivity contribution is 0.0827. The first kappa shape index (κ1) is 20.6. The van der Waals surface area contributed by atoms with Crippen LogP contribution in [0.25, 0.3) is 0 Å². The summed E-state index contributed by atoms with van der Waals surface area (Å²) >= 11 is 5.57. The molecule has 4 nitrogen and oxygen atoms in total. The summed E-state index contributed by atoms with van der Waals surface area (Å²) in [6, 6.07) is 25.9. The summed E-state index contributed by atoms with van der Waals surface area (Å²) in [6.07, 6.45) is 0. The lowest BCUT2D eigenvalue weighted by Gasteiger charge is -2.22. The third kappa shape index (κ3) is 5.42. The molecule has 0 bridgehead atoms. The van der Waals surface area contributed by atoms with E-state index in [1.807, 2.05) is 30.3 Å². The molecule has 0 saturated heterocycles. The van der Waals surface area contributed by atoms with Crippen molar-refractivity contribution in [1.82, 2.24) is 10.2 Å². The molecule has 0 radical (unpaired) electrons. The molecular formula is C24H25N3OS. The van der Waals surface area contributed by atoms with Crippen molar-refractivity contribution >= 4 is 28.9 Å². The number of hydrogen-bond donors (Lipinski definition) is 2. The molecule has 0 aliphatic heterocycles. The highest BCUT2D eigenvalue weighted by atomic mass is 32.1. The van der Waals surface area contributed by atoms with E-state index in [1.165, 1.54) is 5.56 Å². The molecule has 3 rings (SSSR count). The monoisotopic (exact) mass is 403 g/mol. The van der Waals surface area contributed by atoms with Gasteiger partial charge in [0.1, 0.15) is 0 Å². The number of amides is 1. The average molecular weight is 404 g/mol. The Kier molecular flexibility index (Phi) is 6.62. The SMILES string of the molecule is Cc1cccc([C@@H](NC(=S)Nc2ccc(C(=O)N(C)C)cc2)c2ccccc2)c1. The Hall–Kier alpha value is -3.18. The van der Waals surface area contributed by atoms with E-state index in [0.717, 1.165) is 16.8 Å². The van der Waals surface area contributed by atoms with Gasteiger partial charge in [-0.25, -0.2) is 0 Å². The van der Waals surface area contributed by atoms with Crippen LogP contribution in [-0.2, 0) is 0 Å². The molecule has 0 unspecified atom stereocenters. The second-order valence-electron chi connectivity index (χ2n) is 7.13. The summed E-state index contributed by atoms with van der Waals surface area (Å²) in [5.41, 5.74) is 4.95. The number of anilines is 1. The van der Waals surface area contributed by atoms with Gasteiger partial charge in [-0.05, 0) is 54.5 Å². The number of nitrogens with zero attached hydrogens (tertiary/aromatic N) is 1. The first-order valence-electron chi connectivity index (χ1n) is 9.45. The first-order chi connectivity index (χ1) is 13.9.